The highest BCUT2D eigenvalue weighted by atomic mass is 32.2. The van der Waals surface area contributed by atoms with E-state index < -0.39 is 10.0 Å². The summed E-state index contributed by atoms with van der Waals surface area (Å²) in [4.78, 5) is 11.9. The molecule has 8 heteroatoms. The minimum absolute atomic E-state index is 0.0241. The molecule has 0 aromatic carbocycles. The van der Waals surface area contributed by atoms with Crippen LogP contribution in [0.5, 0.6) is 0 Å². The molecule has 0 radical (unpaired) electrons. The van der Waals surface area contributed by atoms with E-state index in [0.29, 0.717) is 11.4 Å². The van der Waals surface area contributed by atoms with E-state index in [1.54, 1.807) is 13.8 Å². The van der Waals surface area contributed by atoms with Gasteiger partial charge in [-0.05, 0) is 27.2 Å². The number of nitrogens with zero attached hydrogens (tertiary/aromatic N) is 2. The van der Waals surface area contributed by atoms with Crippen LogP contribution in [-0.2, 0) is 14.8 Å². The Balaban J connectivity index is 2.86. The van der Waals surface area contributed by atoms with Gasteiger partial charge in [-0.25, -0.2) is 8.42 Å². The van der Waals surface area contributed by atoms with Crippen LogP contribution >= 0.6 is 0 Å². The number of nitrogens with one attached hydrogen (secondary N) is 2. The van der Waals surface area contributed by atoms with E-state index in [1.807, 2.05) is 13.8 Å². The molecule has 0 bridgehead atoms. The smallest absolute Gasteiger partial charge is 0.246 e. The lowest BCUT2D eigenvalue weighted by atomic mass is 10.2. The van der Waals surface area contributed by atoms with Crippen LogP contribution in [0.25, 0.3) is 0 Å². The number of rotatable bonds is 6. The molecule has 1 amide bonds. The highest BCUT2D eigenvalue weighted by Gasteiger charge is 2.28. The molecule has 0 saturated carbocycles. The van der Waals surface area contributed by atoms with Crippen LogP contribution in [0.1, 0.15) is 31.7 Å². The predicted octanol–water partition coefficient (Wildman–Crippen LogP) is 0.562. The van der Waals surface area contributed by atoms with Crippen molar-refractivity contribution in [3.8, 4) is 0 Å². The number of sulfonamides is 1. The van der Waals surface area contributed by atoms with Gasteiger partial charge in [-0.15, -0.1) is 0 Å². The standard InChI is InChI=1S/C12H22N4O3S/c1-6-8(2)13-11(17)7-16(5)20(18,19)12-9(3)14-15-10(12)4/h8H,6-7H2,1-5H3,(H,13,17)(H,14,15). The van der Waals surface area contributed by atoms with Crippen LogP contribution in [-0.4, -0.2) is 48.5 Å². The van der Waals surface area contributed by atoms with Gasteiger partial charge in [0.25, 0.3) is 0 Å². The number of aromatic nitrogens is 2. The average molecular weight is 302 g/mol. The van der Waals surface area contributed by atoms with Crippen molar-refractivity contribution in [3.63, 3.8) is 0 Å². The molecular formula is C12H22N4O3S. The maximum Gasteiger partial charge on any atom is 0.246 e. The maximum absolute atomic E-state index is 12.4. The van der Waals surface area contributed by atoms with Crippen molar-refractivity contribution < 1.29 is 13.2 Å². The van der Waals surface area contributed by atoms with E-state index in [9.17, 15) is 13.2 Å². The van der Waals surface area contributed by atoms with Gasteiger partial charge in [0.05, 0.1) is 17.9 Å². The van der Waals surface area contributed by atoms with Crippen molar-refractivity contribution in [2.75, 3.05) is 13.6 Å². The Morgan fingerprint density at radius 2 is 2.05 bits per heavy atom. The second-order valence-corrected chi connectivity index (χ2v) is 6.88. The van der Waals surface area contributed by atoms with Crippen molar-refractivity contribution in [3.05, 3.63) is 11.4 Å². The number of hydrogen-bond acceptors (Lipinski definition) is 4. The lowest BCUT2D eigenvalue weighted by molar-refractivity contribution is -0.121. The number of aryl methyl sites for hydroxylation is 2. The molecule has 0 fully saturated rings. The molecule has 0 aliphatic rings. The van der Waals surface area contributed by atoms with Crippen molar-refractivity contribution in [2.24, 2.45) is 0 Å². The van der Waals surface area contributed by atoms with E-state index in [1.165, 1.54) is 7.05 Å². The molecule has 114 valence electrons. The first-order chi connectivity index (χ1) is 9.20. The summed E-state index contributed by atoms with van der Waals surface area (Å²) in [5.41, 5.74) is 0.869. The molecule has 0 saturated heterocycles. The number of aromatic amines is 1. The number of hydrogen-bond donors (Lipinski definition) is 2. The fourth-order valence-electron chi connectivity index (χ4n) is 1.79. The maximum atomic E-state index is 12.4. The summed E-state index contributed by atoms with van der Waals surface area (Å²) < 4.78 is 25.9. The van der Waals surface area contributed by atoms with E-state index in [2.05, 4.69) is 15.5 Å². The van der Waals surface area contributed by atoms with Crippen LogP contribution in [0.15, 0.2) is 4.90 Å². The number of likely N-dealkylation sites (N-methyl/N-ethyl adjacent to an activating group) is 1. The van der Waals surface area contributed by atoms with Crippen LogP contribution in [0, 0.1) is 13.8 Å². The van der Waals surface area contributed by atoms with Gasteiger partial charge in [0.15, 0.2) is 0 Å². The molecule has 1 aromatic heterocycles. The molecule has 1 unspecified atom stereocenters. The third-order valence-corrected chi connectivity index (χ3v) is 5.18. The summed E-state index contributed by atoms with van der Waals surface area (Å²) in [7, 11) is -2.33. The van der Waals surface area contributed by atoms with E-state index in [-0.39, 0.29) is 23.4 Å². The van der Waals surface area contributed by atoms with Crippen LogP contribution in [0.4, 0.5) is 0 Å². The molecule has 0 spiro atoms. The fraction of sp³-hybridized carbons (Fsp3) is 0.667. The van der Waals surface area contributed by atoms with Crippen molar-refractivity contribution in [2.45, 2.75) is 45.1 Å². The Hall–Kier alpha value is -1.41. The minimum Gasteiger partial charge on any atom is -0.353 e. The fourth-order valence-corrected chi connectivity index (χ4v) is 3.24. The van der Waals surface area contributed by atoms with Crippen molar-refractivity contribution >= 4 is 15.9 Å². The third kappa shape index (κ3) is 3.57. The second-order valence-electron chi connectivity index (χ2n) is 4.90. The molecule has 1 atom stereocenters. The van der Waals surface area contributed by atoms with Crippen molar-refractivity contribution in [1.29, 1.82) is 0 Å². The summed E-state index contributed by atoms with van der Waals surface area (Å²) in [6.07, 6.45) is 0.794. The first-order valence-corrected chi connectivity index (χ1v) is 7.91. The Morgan fingerprint density at radius 1 is 1.45 bits per heavy atom. The molecule has 2 N–H and O–H groups in total. The molecule has 0 aliphatic heterocycles. The minimum atomic E-state index is -3.72. The number of carbonyl (C=O) groups is 1. The first-order valence-electron chi connectivity index (χ1n) is 6.47. The topological polar surface area (TPSA) is 95.2 Å². The first kappa shape index (κ1) is 16.6. The zero-order valence-corrected chi connectivity index (χ0v) is 13.3. The van der Waals surface area contributed by atoms with E-state index >= 15 is 0 Å². The molecule has 1 heterocycles. The summed E-state index contributed by atoms with van der Waals surface area (Å²) in [5, 5.41) is 9.25. The Bertz CT molecular complexity index is 560. The highest BCUT2D eigenvalue weighted by molar-refractivity contribution is 7.89. The SMILES string of the molecule is CCC(C)NC(=O)CN(C)S(=O)(=O)c1c(C)n[nH]c1C. The third-order valence-electron chi connectivity index (χ3n) is 3.11. The van der Waals surface area contributed by atoms with Crippen molar-refractivity contribution in [1.82, 2.24) is 19.8 Å². The molecule has 1 aromatic rings. The quantitative estimate of drug-likeness (QED) is 0.802. The molecular weight excluding hydrogens is 280 g/mol. The van der Waals surface area contributed by atoms with Gasteiger partial charge in [-0.1, -0.05) is 6.92 Å². The number of amides is 1. The van der Waals surface area contributed by atoms with Gasteiger partial charge in [-0.2, -0.15) is 9.40 Å². The molecule has 0 aliphatic carbocycles. The van der Waals surface area contributed by atoms with Gasteiger partial charge in [0, 0.05) is 13.1 Å². The Morgan fingerprint density at radius 3 is 2.50 bits per heavy atom. The predicted molar refractivity (Wildman–Crippen MR) is 75.8 cm³/mol. The molecule has 7 nitrogen and oxygen atoms in total. The summed E-state index contributed by atoms with van der Waals surface area (Å²) in [6.45, 7) is 6.86. The number of carbonyl (C=O) groups excluding carboxylic acids is 1. The van der Waals surface area contributed by atoms with E-state index in [0.717, 1.165) is 10.7 Å². The largest absolute Gasteiger partial charge is 0.353 e. The normalized spacial score (nSPS) is 13.5. The van der Waals surface area contributed by atoms with Gasteiger partial charge in [0.1, 0.15) is 4.90 Å². The zero-order valence-electron chi connectivity index (χ0n) is 12.5. The average Bonchev–Trinajstić information content (AvgIpc) is 2.68. The van der Waals surface area contributed by atoms with Gasteiger partial charge in [-0.3, -0.25) is 9.89 Å². The lowest BCUT2D eigenvalue weighted by Crippen LogP contribution is -2.41. The zero-order chi connectivity index (χ0) is 15.5. The van der Waals surface area contributed by atoms with Crippen LogP contribution in [0.2, 0.25) is 0 Å². The Labute approximate surface area is 119 Å². The van der Waals surface area contributed by atoms with Gasteiger partial charge < -0.3 is 5.32 Å². The van der Waals surface area contributed by atoms with E-state index in [4.69, 9.17) is 0 Å². The monoisotopic (exact) mass is 302 g/mol. The van der Waals surface area contributed by atoms with Crippen LogP contribution in [0.3, 0.4) is 0 Å². The summed E-state index contributed by atoms with van der Waals surface area (Å²) >= 11 is 0. The summed E-state index contributed by atoms with van der Waals surface area (Å²) in [5.74, 6) is -0.316. The van der Waals surface area contributed by atoms with Gasteiger partial charge >= 0.3 is 0 Å². The van der Waals surface area contributed by atoms with Crippen LogP contribution < -0.4 is 5.32 Å². The Kier molecular flexibility index (Phi) is 5.29. The second kappa shape index (κ2) is 6.36. The van der Waals surface area contributed by atoms with Gasteiger partial charge in [0.2, 0.25) is 15.9 Å². The highest BCUT2D eigenvalue weighted by Crippen LogP contribution is 2.20. The molecule has 20 heavy (non-hydrogen) atoms. The molecule has 1 rings (SSSR count). The number of H-pyrrole nitrogens is 1. The lowest BCUT2D eigenvalue weighted by Gasteiger charge is -2.18. The summed E-state index contributed by atoms with van der Waals surface area (Å²) in [6, 6.07) is 0.0241.